The van der Waals surface area contributed by atoms with Crippen LogP contribution in [0.25, 0.3) is 0 Å². The number of anilines is 2. The van der Waals surface area contributed by atoms with Crippen molar-refractivity contribution < 1.29 is 5.11 Å². The van der Waals surface area contributed by atoms with E-state index in [1.54, 1.807) is 6.07 Å². The van der Waals surface area contributed by atoms with E-state index in [1.807, 2.05) is 35.5 Å². The molecule has 1 aliphatic rings. The second kappa shape index (κ2) is 9.80. The second-order valence-corrected chi connectivity index (χ2v) is 12.8. The van der Waals surface area contributed by atoms with Crippen molar-refractivity contribution in [2.24, 2.45) is 0 Å². The number of phenols is 1. The third-order valence-electron chi connectivity index (χ3n) is 6.96. The Morgan fingerprint density at radius 3 is 1.62 bits per heavy atom. The molecule has 180 valence electrons. The van der Waals surface area contributed by atoms with Gasteiger partial charge in [0.05, 0.1) is 5.69 Å². The van der Waals surface area contributed by atoms with Gasteiger partial charge in [-0.2, -0.15) is 0 Å². The summed E-state index contributed by atoms with van der Waals surface area (Å²) in [5, 5.41) is 15.3. The highest BCUT2D eigenvalue weighted by molar-refractivity contribution is 7.19. The van der Waals surface area contributed by atoms with Crippen LogP contribution in [0.3, 0.4) is 0 Å². The van der Waals surface area contributed by atoms with Gasteiger partial charge >= 0.3 is 0 Å². The van der Waals surface area contributed by atoms with Crippen LogP contribution in [0.4, 0.5) is 11.5 Å². The number of para-hydroxylation sites is 2. The van der Waals surface area contributed by atoms with E-state index in [1.165, 1.54) is 15.6 Å². The molecule has 0 bridgehead atoms. The molecule has 5 heteroatoms. The molecule has 1 N–H and O–H groups in total. The molecular weight excluding hydrogens is 470 g/mol. The zero-order valence-electron chi connectivity index (χ0n) is 20.4. The minimum absolute atomic E-state index is 0.263. The monoisotopic (exact) mass is 497 g/mol. The maximum atomic E-state index is 10.4. The molecular formula is C32H27N3OSi. The largest absolute Gasteiger partial charge is 0.506 e. The van der Waals surface area contributed by atoms with Gasteiger partial charge in [0.2, 0.25) is 8.07 Å². The Labute approximate surface area is 218 Å². The summed E-state index contributed by atoms with van der Waals surface area (Å²) < 4.78 is 0. The van der Waals surface area contributed by atoms with E-state index >= 15 is 0 Å². The fraction of sp³-hybridized carbons (Fsp3) is 0.0312. The lowest BCUT2D eigenvalue weighted by atomic mass is 10.3. The zero-order valence-corrected chi connectivity index (χ0v) is 21.4. The van der Waals surface area contributed by atoms with Crippen LogP contribution < -0.4 is 30.7 Å². The quantitative estimate of drug-likeness (QED) is 0.285. The van der Waals surface area contributed by atoms with Crippen molar-refractivity contribution in [2.45, 2.75) is 0 Å². The number of aromatic nitrogens is 1. The fourth-order valence-corrected chi connectivity index (χ4v) is 9.83. The molecule has 0 fully saturated rings. The molecule has 0 atom stereocenters. The smallest absolute Gasteiger partial charge is 0.201 e. The van der Waals surface area contributed by atoms with Gasteiger partial charge in [0.1, 0.15) is 18.2 Å². The van der Waals surface area contributed by atoms with Crippen molar-refractivity contribution in [1.82, 2.24) is 4.98 Å². The standard InChI is InChI=1S/C32H27N3OSi/c36-30-20-11-10-19-29(30)34-23-24-35(25-34)31-21-12-22-32(33-31)37(26-13-4-1-5-14-26,27-15-6-2-7-16-27)28-17-8-3-9-18-28/h1-24,36H,25H2. The van der Waals surface area contributed by atoms with Crippen molar-refractivity contribution in [2.75, 3.05) is 16.5 Å². The van der Waals surface area contributed by atoms with E-state index in [0.717, 1.165) is 16.8 Å². The lowest BCUT2D eigenvalue weighted by Crippen LogP contribution is -2.75. The fourth-order valence-electron chi connectivity index (χ4n) is 5.23. The SMILES string of the molecule is Oc1ccccc1N1C=CN(c2cccc([Si](c3ccccc3)(c3ccccc3)c3ccccc3)n2)C1. The molecule has 4 aromatic carbocycles. The molecule has 1 aromatic heterocycles. The Kier molecular flexibility index (Phi) is 6.04. The molecule has 0 saturated carbocycles. The molecule has 0 radical (unpaired) electrons. The van der Waals surface area contributed by atoms with Gasteiger partial charge < -0.3 is 14.9 Å². The second-order valence-electron chi connectivity index (χ2n) is 9.10. The van der Waals surface area contributed by atoms with Crippen LogP contribution in [-0.2, 0) is 0 Å². The number of aromatic hydroxyl groups is 1. The maximum absolute atomic E-state index is 10.4. The molecule has 4 nitrogen and oxygen atoms in total. The highest BCUT2D eigenvalue weighted by atomic mass is 28.3. The number of phenolic OH excluding ortho intramolecular Hbond substituents is 1. The third kappa shape index (κ3) is 4.09. The molecule has 0 amide bonds. The first-order valence-electron chi connectivity index (χ1n) is 12.4. The van der Waals surface area contributed by atoms with Crippen LogP contribution in [0.1, 0.15) is 0 Å². The summed E-state index contributed by atoms with van der Waals surface area (Å²) >= 11 is 0. The average molecular weight is 498 g/mol. The normalized spacial score (nSPS) is 13.2. The van der Waals surface area contributed by atoms with Crippen LogP contribution >= 0.6 is 0 Å². The molecule has 0 unspecified atom stereocenters. The third-order valence-corrected chi connectivity index (χ3v) is 11.6. The minimum Gasteiger partial charge on any atom is -0.506 e. The number of hydrogen-bond donors (Lipinski definition) is 1. The Hall–Kier alpha value is -4.61. The summed E-state index contributed by atoms with van der Waals surface area (Å²) in [6, 6.07) is 46.2. The van der Waals surface area contributed by atoms with E-state index in [4.69, 9.17) is 4.98 Å². The molecule has 0 saturated heterocycles. The topological polar surface area (TPSA) is 39.6 Å². The van der Waals surface area contributed by atoms with Gasteiger partial charge in [-0.3, -0.25) is 0 Å². The van der Waals surface area contributed by atoms with E-state index in [9.17, 15) is 5.11 Å². The molecule has 0 aliphatic carbocycles. The number of nitrogens with zero attached hydrogens (tertiary/aromatic N) is 3. The highest BCUT2D eigenvalue weighted by Crippen LogP contribution is 2.30. The van der Waals surface area contributed by atoms with Crippen LogP contribution in [-0.4, -0.2) is 24.8 Å². The molecule has 0 spiro atoms. The summed E-state index contributed by atoms with van der Waals surface area (Å²) in [5.74, 6) is 1.14. The van der Waals surface area contributed by atoms with Crippen molar-refractivity contribution in [3.8, 4) is 5.75 Å². The molecule has 2 heterocycles. The Bertz CT molecular complexity index is 1430. The summed E-state index contributed by atoms with van der Waals surface area (Å²) in [6.45, 7) is 0.574. The highest BCUT2D eigenvalue weighted by Gasteiger charge is 2.43. The predicted molar refractivity (Wildman–Crippen MR) is 155 cm³/mol. The Balaban J connectivity index is 1.49. The van der Waals surface area contributed by atoms with Crippen LogP contribution in [0.5, 0.6) is 5.75 Å². The van der Waals surface area contributed by atoms with E-state index in [0.29, 0.717) is 6.67 Å². The molecule has 6 rings (SSSR count). The summed E-state index contributed by atoms with van der Waals surface area (Å²) in [6.07, 6.45) is 4.01. The van der Waals surface area contributed by atoms with E-state index in [-0.39, 0.29) is 5.75 Å². The van der Waals surface area contributed by atoms with Crippen molar-refractivity contribution in [3.05, 3.63) is 146 Å². The van der Waals surface area contributed by atoms with Gasteiger partial charge in [-0.05, 0) is 39.8 Å². The van der Waals surface area contributed by atoms with Gasteiger partial charge in [0, 0.05) is 17.7 Å². The number of rotatable bonds is 6. The van der Waals surface area contributed by atoms with Crippen molar-refractivity contribution in [1.29, 1.82) is 0 Å². The van der Waals surface area contributed by atoms with Gasteiger partial charge in [-0.1, -0.05) is 109 Å². The lowest BCUT2D eigenvalue weighted by molar-refractivity contribution is 0.475. The van der Waals surface area contributed by atoms with Gasteiger partial charge in [-0.15, -0.1) is 0 Å². The first kappa shape index (κ1) is 22.8. The van der Waals surface area contributed by atoms with Crippen molar-refractivity contribution in [3.63, 3.8) is 0 Å². The lowest BCUT2D eigenvalue weighted by Gasteiger charge is -2.33. The van der Waals surface area contributed by atoms with Crippen molar-refractivity contribution >= 4 is 40.5 Å². The molecule has 1 aliphatic heterocycles. The first-order valence-corrected chi connectivity index (χ1v) is 14.4. The van der Waals surface area contributed by atoms with Gasteiger partial charge in [0.25, 0.3) is 0 Å². The van der Waals surface area contributed by atoms with Crippen LogP contribution in [0.2, 0.25) is 0 Å². The predicted octanol–water partition coefficient (Wildman–Crippen LogP) is 3.92. The minimum atomic E-state index is -2.69. The van der Waals surface area contributed by atoms with Gasteiger partial charge in [0.15, 0.2) is 0 Å². The number of pyridine rings is 1. The first-order chi connectivity index (χ1) is 18.3. The molecule has 5 aromatic rings. The maximum Gasteiger partial charge on any atom is 0.201 e. The number of benzene rings is 4. The Morgan fingerprint density at radius 2 is 1.05 bits per heavy atom. The van der Waals surface area contributed by atoms with Crippen LogP contribution in [0, 0.1) is 0 Å². The summed E-state index contributed by atoms with van der Waals surface area (Å²) in [7, 11) is -2.69. The van der Waals surface area contributed by atoms with Gasteiger partial charge in [-0.25, -0.2) is 4.98 Å². The molecule has 37 heavy (non-hydrogen) atoms. The van der Waals surface area contributed by atoms with E-state index < -0.39 is 8.07 Å². The number of hydrogen-bond acceptors (Lipinski definition) is 4. The average Bonchev–Trinajstić information content (AvgIpc) is 3.46. The Morgan fingerprint density at radius 1 is 0.541 bits per heavy atom. The summed E-state index contributed by atoms with van der Waals surface area (Å²) in [5.41, 5.74) is 0.777. The zero-order chi connectivity index (χ0) is 25.1. The van der Waals surface area contributed by atoms with E-state index in [2.05, 4.69) is 114 Å². The van der Waals surface area contributed by atoms with Crippen LogP contribution in [0.15, 0.2) is 146 Å². The summed E-state index contributed by atoms with van der Waals surface area (Å²) in [4.78, 5) is 9.50.